The van der Waals surface area contributed by atoms with E-state index in [0.717, 1.165) is 12.0 Å². The number of aromatic nitrogens is 1. The maximum absolute atomic E-state index is 13.0. The Morgan fingerprint density at radius 2 is 1.90 bits per heavy atom. The molecule has 0 unspecified atom stereocenters. The summed E-state index contributed by atoms with van der Waals surface area (Å²) in [6.07, 6.45) is 3.25. The summed E-state index contributed by atoms with van der Waals surface area (Å²) in [5.41, 5.74) is 0.746. The third-order valence-corrected chi connectivity index (χ3v) is 4.90. The van der Waals surface area contributed by atoms with Gasteiger partial charge in [-0.25, -0.2) is 9.37 Å². The number of benzene rings is 1. The third kappa shape index (κ3) is 6.12. The van der Waals surface area contributed by atoms with Crippen molar-refractivity contribution in [3.8, 4) is 11.3 Å². The van der Waals surface area contributed by atoms with Crippen LogP contribution in [-0.4, -0.2) is 65.9 Å². The lowest BCUT2D eigenvalue weighted by atomic mass is 10.2. The molecule has 0 bridgehead atoms. The zero-order valence-corrected chi connectivity index (χ0v) is 16.7. The van der Waals surface area contributed by atoms with Crippen LogP contribution in [0.4, 0.5) is 4.39 Å². The molecule has 1 aromatic heterocycles. The summed E-state index contributed by atoms with van der Waals surface area (Å²) in [5, 5.41) is 2.87. The van der Waals surface area contributed by atoms with E-state index in [0.29, 0.717) is 63.8 Å². The molecule has 29 heavy (non-hydrogen) atoms. The first kappa shape index (κ1) is 21.0. The number of hydrogen-bond acceptors (Lipinski definition) is 5. The van der Waals surface area contributed by atoms with Gasteiger partial charge in [0, 0.05) is 51.1 Å². The first-order valence-corrected chi connectivity index (χ1v) is 10.0. The summed E-state index contributed by atoms with van der Waals surface area (Å²) in [6, 6.07) is 6.00. The second-order valence-corrected chi connectivity index (χ2v) is 7.13. The molecule has 7 nitrogen and oxygen atoms in total. The lowest BCUT2D eigenvalue weighted by Gasteiger charge is -2.34. The Labute approximate surface area is 169 Å². The lowest BCUT2D eigenvalue weighted by Crippen LogP contribution is -2.51. The standard InChI is InChI=1S/C21H27FN4O3/c1-2-9-23-19(27)15-25-10-12-26(13-11-25)21(28)8-7-20-24-14-18(29-20)16-3-5-17(22)6-4-16/h3-6,14H,2,7-13,15H2,1H3,(H,23,27). The first-order chi connectivity index (χ1) is 14.0. The van der Waals surface area contributed by atoms with E-state index < -0.39 is 0 Å². The molecule has 0 spiro atoms. The fraction of sp³-hybridized carbons (Fsp3) is 0.476. The fourth-order valence-corrected chi connectivity index (χ4v) is 3.22. The van der Waals surface area contributed by atoms with Crippen molar-refractivity contribution < 1.29 is 18.4 Å². The molecule has 1 aliphatic heterocycles. The van der Waals surface area contributed by atoms with Crippen LogP contribution >= 0.6 is 0 Å². The third-order valence-electron chi connectivity index (χ3n) is 4.90. The van der Waals surface area contributed by atoms with Gasteiger partial charge < -0.3 is 14.6 Å². The van der Waals surface area contributed by atoms with Gasteiger partial charge in [0.05, 0.1) is 12.7 Å². The van der Waals surface area contributed by atoms with Crippen molar-refractivity contribution in [3.63, 3.8) is 0 Å². The summed E-state index contributed by atoms with van der Waals surface area (Å²) >= 11 is 0. The molecule has 1 fully saturated rings. The molecule has 0 radical (unpaired) electrons. The molecule has 8 heteroatoms. The van der Waals surface area contributed by atoms with Gasteiger partial charge >= 0.3 is 0 Å². The molecule has 0 saturated carbocycles. The molecule has 2 aromatic rings. The molecular weight excluding hydrogens is 375 g/mol. The van der Waals surface area contributed by atoms with Crippen LogP contribution in [0.2, 0.25) is 0 Å². The minimum Gasteiger partial charge on any atom is -0.441 e. The highest BCUT2D eigenvalue weighted by molar-refractivity contribution is 5.78. The van der Waals surface area contributed by atoms with Gasteiger partial charge in [0.1, 0.15) is 5.82 Å². The highest BCUT2D eigenvalue weighted by Gasteiger charge is 2.22. The maximum atomic E-state index is 13.0. The van der Waals surface area contributed by atoms with Gasteiger partial charge in [-0.15, -0.1) is 0 Å². The smallest absolute Gasteiger partial charge is 0.234 e. The van der Waals surface area contributed by atoms with Crippen molar-refractivity contribution in [2.24, 2.45) is 0 Å². The minimum atomic E-state index is -0.305. The second kappa shape index (κ2) is 10.2. The zero-order chi connectivity index (χ0) is 20.6. The topological polar surface area (TPSA) is 78.7 Å². The largest absolute Gasteiger partial charge is 0.441 e. The van der Waals surface area contributed by atoms with E-state index in [1.807, 2.05) is 11.8 Å². The Morgan fingerprint density at radius 3 is 2.59 bits per heavy atom. The van der Waals surface area contributed by atoms with Crippen LogP contribution in [-0.2, 0) is 16.0 Å². The predicted octanol–water partition coefficient (Wildman–Crippen LogP) is 2.08. The molecule has 0 atom stereocenters. The molecule has 1 N–H and O–H groups in total. The van der Waals surface area contributed by atoms with Gasteiger partial charge in [-0.2, -0.15) is 0 Å². The number of nitrogens with zero attached hydrogens (tertiary/aromatic N) is 3. The van der Waals surface area contributed by atoms with E-state index in [1.54, 1.807) is 18.3 Å². The summed E-state index contributed by atoms with van der Waals surface area (Å²) in [6.45, 7) is 5.72. The number of rotatable bonds is 8. The number of nitrogens with one attached hydrogen (secondary N) is 1. The van der Waals surface area contributed by atoms with Gasteiger partial charge in [-0.05, 0) is 30.7 Å². The number of amides is 2. The van der Waals surface area contributed by atoms with Crippen LogP contribution in [0.3, 0.4) is 0 Å². The van der Waals surface area contributed by atoms with E-state index in [-0.39, 0.29) is 17.6 Å². The molecule has 1 aliphatic rings. The van der Waals surface area contributed by atoms with Crippen molar-refractivity contribution in [2.75, 3.05) is 39.3 Å². The first-order valence-electron chi connectivity index (χ1n) is 10.0. The Hall–Kier alpha value is -2.74. The van der Waals surface area contributed by atoms with Gasteiger partial charge in [0.15, 0.2) is 11.7 Å². The number of aryl methyl sites for hydroxylation is 1. The van der Waals surface area contributed by atoms with Crippen LogP contribution in [0.15, 0.2) is 34.9 Å². The molecular formula is C21H27FN4O3. The van der Waals surface area contributed by atoms with Gasteiger partial charge in [0.2, 0.25) is 11.8 Å². The summed E-state index contributed by atoms with van der Waals surface area (Å²) in [5.74, 6) is 0.834. The highest BCUT2D eigenvalue weighted by Crippen LogP contribution is 2.21. The number of carbonyl (C=O) groups is 2. The predicted molar refractivity (Wildman–Crippen MR) is 107 cm³/mol. The van der Waals surface area contributed by atoms with Crippen molar-refractivity contribution in [1.82, 2.24) is 20.1 Å². The van der Waals surface area contributed by atoms with Crippen LogP contribution < -0.4 is 5.32 Å². The molecule has 156 valence electrons. The Bertz CT molecular complexity index is 814. The van der Waals surface area contributed by atoms with Crippen molar-refractivity contribution >= 4 is 11.8 Å². The summed E-state index contributed by atoms with van der Waals surface area (Å²) < 4.78 is 18.7. The Kier molecular flexibility index (Phi) is 7.35. The zero-order valence-electron chi connectivity index (χ0n) is 16.7. The van der Waals surface area contributed by atoms with Gasteiger partial charge in [0.25, 0.3) is 0 Å². The summed E-state index contributed by atoms with van der Waals surface area (Å²) in [7, 11) is 0. The van der Waals surface area contributed by atoms with Crippen molar-refractivity contribution in [1.29, 1.82) is 0 Å². The average Bonchev–Trinajstić information content (AvgIpc) is 3.20. The normalized spacial score (nSPS) is 14.8. The summed E-state index contributed by atoms with van der Waals surface area (Å²) in [4.78, 5) is 32.4. The number of hydrogen-bond donors (Lipinski definition) is 1. The van der Waals surface area contributed by atoms with Gasteiger partial charge in [-0.1, -0.05) is 6.92 Å². The van der Waals surface area contributed by atoms with Crippen LogP contribution in [0, 0.1) is 5.82 Å². The van der Waals surface area contributed by atoms with Gasteiger partial charge in [-0.3, -0.25) is 14.5 Å². The molecule has 2 heterocycles. The fourth-order valence-electron chi connectivity index (χ4n) is 3.22. The van der Waals surface area contributed by atoms with E-state index in [9.17, 15) is 14.0 Å². The number of halogens is 1. The minimum absolute atomic E-state index is 0.0347. The van der Waals surface area contributed by atoms with Crippen molar-refractivity contribution in [3.05, 3.63) is 42.2 Å². The molecule has 3 rings (SSSR count). The van der Waals surface area contributed by atoms with E-state index in [2.05, 4.69) is 15.2 Å². The quantitative estimate of drug-likeness (QED) is 0.732. The number of piperazine rings is 1. The van der Waals surface area contributed by atoms with Crippen LogP contribution in [0.1, 0.15) is 25.7 Å². The van der Waals surface area contributed by atoms with Crippen LogP contribution in [0.5, 0.6) is 0 Å². The SMILES string of the molecule is CCCNC(=O)CN1CCN(C(=O)CCc2ncc(-c3ccc(F)cc3)o2)CC1. The molecule has 0 aliphatic carbocycles. The van der Waals surface area contributed by atoms with E-state index in [1.165, 1.54) is 12.1 Å². The maximum Gasteiger partial charge on any atom is 0.234 e. The second-order valence-electron chi connectivity index (χ2n) is 7.13. The monoisotopic (exact) mass is 402 g/mol. The number of oxazole rings is 1. The number of carbonyl (C=O) groups excluding carboxylic acids is 2. The average molecular weight is 402 g/mol. The lowest BCUT2D eigenvalue weighted by molar-refractivity contribution is -0.133. The van der Waals surface area contributed by atoms with E-state index in [4.69, 9.17) is 4.42 Å². The Morgan fingerprint density at radius 1 is 1.17 bits per heavy atom. The van der Waals surface area contributed by atoms with Crippen molar-refractivity contribution in [2.45, 2.75) is 26.2 Å². The highest BCUT2D eigenvalue weighted by atomic mass is 19.1. The van der Waals surface area contributed by atoms with E-state index >= 15 is 0 Å². The molecule has 2 amide bonds. The van der Waals surface area contributed by atoms with Crippen LogP contribution in [0.25, 0.3) is 11.3 Å². The molecule has 1 aromatic carbocycles. The molecule has 1 saturated heterocycles. The Balaban J connectivity index is 1.41.